The molecular formula is C20H25F4N5O. The molecule has 164 valence electrons. The van der Waals surface area contributed by atoms with Crippen LogP contribution in [0.4, 0.5) is 17.6 Å². The van der Waals surface area contributed by atoms with Crippen molar-refractivity contribution in [2.45, 2.75) is 59.4 Å². The van der Waals surface area contributed by atoms with Gasteiger partial charge >= 0.3 is 6.18 Å². The third kappa shape index (κ3) is 6.11. The zero-order valence-electron chi connectivity index (χ0n) is 17.6. The standard InChI is InChI=1S/C20H25F4N5O/c1-18(2,3)14-13(21)15(29-28-14)25-17(27-19(4,5)6)26-16(30)11-7-9-12(10-8-11)20(22,23)24/h7-10,15H,1-6H3,(H2,25,26,27,30). The second-order valence-corrected chi connectivity index (χ2v) is 8.92. The number of guanidine groups is 1. The van der Waals surface area contributed by atoms with E-state index >= 15 is 0 Å². The molecule has 0 radical (unpaired) electrons. The molecule has 0 aliphatic carbocycles. The minimum atomic E-state index is -4.50. The summed E-state index contributed by atoms with van der Waals surface area (Å²) in [6, 6.07) is 3.74. The van der Waals surface area contributed by atoms with Gasteiger partial charge in [0.05, 0.1) is 5.56 Å². The summed E-state index contributed by atoms with van der Waals surface area (Å²) in [6.07, 6.45) is -5.76. The fourth-order valence-electron chi connectivity index (χ4n) is 2.49. The van der Waals surface area contributed by atoms with Gasteiger partial charge in [-0.2, -0.15) is 23.4 Å². The first-order valence-corrected chi connectivity index (χ1v) is 9.23. The normalized spacial score (nSPS) is 18.1. The average Bonchev–Trinajstić information content (AvgIpc) is 2.93. The van der Waals surface area contributed by atoms with E-state index in [4.69, 9.17) is 0 Å². The third-order valence-corrected chi connectivity index (χ3v) is 3.88. The highest BCUT2D eigenvalue weighted by Crippen LogP contribution is 2.36. The lowest BCUT2D eigenvalue weighted by molar-refractivity contribution is -0.137. The third-order valence-electron chi connectivity index (χ3n) is 3.88. The molecule has 0 saturated carbocycles. The van der Waals surface area contributed by atoms with E-state index in [-0.39, 0.29) is 17.2 Å². The predicted molar refractivity (Wildman–Crippen MR) is 105 cm³/mol. The number of alkyl halides is 3. The largest absolute Gasteiger partial charge is 0.416 e. The van der Waals surface area contributed by atoms with Gasteiger partial charge in [-0.15, -0.1) is 0 Å². The fourth-order valence-corrected chi connectivity index (χ4v) is 2.49. The monoisotopic (exact) mass is 427 g/mol. The Balaban J connectivity index is 2.28. The molecule has 1 aliphatic rings. The van der Waals surface area contributed by atoms with Crippen LogP contribution in [0, 0.1) is 5.41 Å². The number of aliphatic imine (C=N–C) groups is 1. The number of nitrogens with one attached hydrogen (secondary N) is 2. The van der Waals surface area contributed by atoms with Gasteiger partial charge in [0.25, 0.3) is 5.91 Å². The SMILES string of the molecule is CC(C)(C)NC(=NC1N=NC(C(C)(C)C)=C1F)NC(=O)c1ccc(C(F)(F)F)cc1. The summed E-state index contributed by atoms with van der Waals surface area (Å²) in [7, 11) is 0. The molecule has 1 aromatic carbocycles. The molecule has 1 atom stereocenters. The zero-order valence-corrected chi connectivity index (χ0v) is 17.6. The van der Waals surface area contributed by atoms with E-state index in [9.17, 15) is 22.4 Å². The Hall–Kier alpha value is -2.78. The van der Waals surface area contributed by atoms with Gasteiger partial charge in [-0.1, -0.05) is 20.8 Å². The molecule has 1 unspecified atom stereocenters. The Labute approximate surface area is 172 Å². The number of amides is 1. The van der Waals surface area contributed by atoms with Crippen molar-refractivity contribution in [3.63, 3.8) is 0 Å². The summed E-state index contributed by atoms with van der Waals surface area (Å²) in [5, 5.41) is 13.1. The van der Waals surface area contributed by atoms with Gasteiger partial charge in [0.15, 0.2) is 5.83 Å². The van der Waals surface area contributed by atoms with Crippen LogP contribution < -0.4 is 10.6 Å². The van der Waals surface area contributed by atoms with Crippen molar-refractivity contribution in [3.8, 4) is 0 Å². The van der Waals surface area contributed by atoms with Crippen molar-refractivity contribution in [3.05, 3.63) is 46.9 Å². The molecule has 2 rings (SSSR count). The summed E-state index contributed by atoms with van der Waals surface area (Å²) in [5.74, 6) is -1.39. The lowest BCUT2D eigenvalue weighted by atomic mass is 9.92. The summed E-state index contributed by atoms with van der Waals surface area (Å²) < 4.78 is 52.8. The smallest absolute Gasteiger partial charge is 0.351 e. The molecule has 2 N–H and O–H groups in total. The lowest BCUT2D eigenvalue weighted by Crippen LogP contribution is -2.49. The summed E-state index contributed by atoms with van der Waals surface area (Å²) in [6.45, 7) is 10.8. The molecule has 0 fully saturated rings. The van der Waals surface area contributed by atoms with Crippen molar-refractivity contribution in [1.29, 1.82) is 0 Å². The van der Waals surface area contributed by atoms with Crippen LogP contribution in [0.2, 0.25) is 0 Å². The number of carbonyl (C=O) groups is 1. The fraction of sp³-hybridized carbons (Fsp3) is 0.500. The number of hydrogen-bond donors (Lipinski definition) is 2. The maximum atomic E-state index is 14.7. The second kappa shape index (κ2) is 8.16. The first-order chi connectivity index (χ1) is 13.6. The van der Waals surface area contributed by atoms with Gasteiger partial charge in [-0.3, -0.25) is 10.1 Å². The highest BCUT2D eigenvalue weighted by Gasteiger charge is 2.33. The van der Waals surface area contributed by atoms with Crippen LogP contribution in [0.25, 0.3) is 0 Å². The van der Waals surface area contributed by atoms with Crippen LogP contribution in [0.15, 0.2) is 51.0 Å². The number of allylic oxidation sites excluding steroid dienone is 1. The number of rotatable bonds is 2. The Morgan fingerprint density at radius 1 is 1.03 bits per heavy atom. The predicted octanol–water partition coefficient (Wildman–Crippen LogP) is 5.20. The molecule has 0 saturated heterocycles. The molecule has 10 heteroatoms. The highest BCUT2D eigenvalue weighted by molar-refractivity contribution is 6.05. The van der Waals surface area contributed by atoms with E-state index in [1.54, 1.807) is 41.5 Å². The molecule has 0 bridgehead atoms. The Bertz CT molecular complexity index is 888. The van der Waals surface area contributed by atoms with E-state index in [0.29, 0.717) is 0 Å². The Kier molecular flexibility index (Phi) is 6.39. The zero-order chi connectivity index (χ0) is 22.9. The molecule has 1 aromatic rings. The highest BCUT2D eigenvalue weighted by atomic mass is 19.4. The van der Waals surface area contributed by atoms with Crippen LogP contribution in [-0.2, 0) is 6.18 Å². The van der Waals surface area contributed by atoms with E-state index in [2.05, 4.69) is 25.9 Å². The van der Waals surface area contributed by atoms with Gasteiger partial charge in [0, 0.05) is 16.5 Å². The van der Waals surface area contributed by atoms with Crippen LogP contribution in [0.5, 0.6) is 0 Å². The molecule has 1 heterocycles. The van der Waals surface area contributed by atoms with Gasteiger partial charge < -0.3 is 5.32 Å². The van der Waals surface area contributed by atoms with E-state index in [0.717, 1.165) is 24.3 Å². The van der Waals surface area contributed by atoms with Crippen molar-refractivity contribution in [2.75, 3.05) is 0 Å². The van der Waals surface area contributed by atoms with Crippen molar-refractivity contribution in [1.82, 2.24) is 10.6 Å². The van der Waals surface area contributed by atoms with Crippen molar-refractivity contribution >= 4 is 11.9 Å². The minimum absolute atomic E-state index is 0.00847. The van der Waals surface area contributed by atoms with Crippen LogP contribution in [0.3, 0.4) is 0 Å². The van der Waals surface area contributed by atoms with Crippen LogP contribution in [-0.4, -0.2) is 23.6 Å². The molecule has 1 amide bonds. The van der Waals surface area contributed by atoms with Gasteiger partial charge in [-0.05, 0) is 45.0 Å². The first-order valence-electron chi connectivity index (χ1n) is 9.23. The Morgan fingerprint density at radius 3 is 2.03 bits per heavy atom. The molecular weight excluding hydrogens is 402 g/mol. The molecule has 0 spiro atoms. The topological polar surface area (TPSA) is 78.2 Å². The summed E-state index contributed by atoms with van der Waals surface area (Å²) >= 11 is 0. The number of halogens is 4. The van der Waals surface area contributed by atoms with Crippen LogP contribution in [0.1, 0.15) is 57.5 Å². The van der Waals surface area contributed by atoms with E-state index in [1.165, 1.54) is 0 Å². The average molecular weight is 427 g/mol. The quantitative estimate of drug-likeness (QED) is 0.387. The van der Waals surface area contributed by atoms with Crippen molar-refractivity contribution < 1.29 is 22.4 Å². The maximum Gasteiger partial charge on any atom is 0.416 e. The van der Waals surface area contributed by atoms with Gasteiger partial charge in [0.1, 0.15) is 5.70 Å². The number of carbonyl (C=O) groups excluding carboxylic acids is 1. The summed E-state index contributed by atoms with van der Waals surface area (Å²) in [5.41, 5.74) is -1.83. The van der Waals surface area contributed by atoms with Crippen LogP contribution >= 0.6 is 0 Å². The molecule has 6 nitrogen and oxygen atoms in total. The second-order valence-electron chi connectivity index (χ2n) is 8.92. The molecule has 0 aromatic heterocycles. The number of azo groups is 1. The number of nitrogens with zero attached hydrogens (tertiary/aromatic N) is 3. The number of benzene rings is 1. The number of hydrogen-bond acceptors (Lipinski definition) is 4. The van der Waals surface area contributed by atoms with Gasteiger partial charge in [-0.25, -0.2) is 9.38 Å². The van der Waals surface area contributed by atoms with E-state index in [1.807, 2.05) is 0 Å². The lowest BCUT2D eigenvalue weighted by Gasteiger charge is -2.24. The maximum absolute atomic E-state index is 14.7. The summed E-state index contributed by atoms with van der Waals surface area (Å²) in [4.78, 5) is 16.6. The molecule has 1 aliphatic heterocycles. The Morgan fingerprint density at radius 2 is 1.60 bits per heavy atom. The first kappa shape index (κ1) is 23.5. The van der Waals surface area contributed by atoms with Gasteiger partial charge in [0.2, 0.25) is 12.1 Å². The minimum Gasteiger partial charge on any atom is -0.351 e. The van der Waals surface area contributed by atoms with E-state index < -0.39 is 40.6 Å². The molecule has 30 heavy (non-hydrogen) atoms. The van der Waals surface area contributed by atoms with Crippen molar-refractivity contribution in [2.24, 2.45) is 20.6 Å².